The highest BCUT2D eigenvalue weighted by atomic mass is 35.5. The van der Waals surface area contributed by atoms with Gasteiger partial charge in [-0.15, -0.1) is 12.4 Å². The van der Waals surface area contributed by atoms with Gasteiger partial charge in [-0.1, -0.05) is 37.3 Å². The Balaban J connectivity index is 0.00000264. The average molecular weight is 341 g/mol. The highest BCUT2D eigenvalue weighted by Gasteiger charge is 2.12. The molecule has 0 aromatic heterocycles. The van der Waals surface area contributed by atoms with Gasteiger partial charge < -0.3 is 10.6 Å². The van der Waals surface area contributed by atoms with Crippen molar-refractivity contribution < 1.29 is 13.6 Å². The van der Waals surface area contributed by atoms with Crippen molar-refractivity contribution in [3.63, 3.8) is 0 Å². The van der Waals surface area contributed by atoms with Crippen molar-refractivity contribution in [3.8, 4) is 0 Å². The minimum absolute atomic E-state index is 0. The largest absolute Gasteiger partial charge is 0.325 e. The fraction of sp³-hybridized carbons (Fsp3) is 0.235. The molecule has 2 N–H and O–H groups in total. The number of amides is 1. The monoisotopic (exact) mass is 340 g/mol. The van der Waals surface area contributed by atoms with E-state index in [9.17, 15) is 13.6 Å². The van der Waals surface area contributed by atoms with Crippen LogP contribution in [-0.4, -0.2) is 12.5 Å². The van der Waals surface area contributed by atoms with Crippen LogP contribution in [0.25, 0.3) is 0 Å². The van der Waals surface area contributed by atoms with E-state index in [-0.39, 0.29) is 30.3 Å². The molecular weight excluding hydrogens is 322 g/mol. The number of nitrogens with one attached hydrogen (secondary N) is 2. The molecular formula is C17H19ClF2N2O. The topological polar surface area (TPSA) is 41.1 Å². The number of hydrogen-bond acceptors (Lipinski definition) is 2. The van der Waals surface area contributed by atoms with Crippen LogP contribution in [0.15, 0.2) is 42.5 Å². The van der Waals surface area contributed by atoms with Crippen LogP contribution in [0.4, 0.5) is 14.5 Å². The summed E-state index contributed by atoms with van der Waals surface area (Å²) in [5.74, 6) is -2.30. The molecule has 0 aliphatic rings. The van der Waals surface area contributed by atoms with Crippen molar-refractivity contribution in [2.45, 2.75) is 19.9 Å². The summed E-state index contributed by atoms with van der Waals surface area (Å²) in [4.78, 5) is 12.1. The normalized spacial score (nSPS) is 10.0. The van der Waals surface area contributed by atoms with Gasteiger partial charge in [0.1, 0.15) is 0 Å². The number of carbonyl (C=O) groups is 1. The second-order valence-corrected chi connectivity index (χ2v) is 4.88. The lowest BCUT2D eigenvalue weighted by molar-refractivity contribution is -0.115. The van der Waals surface area contributed by atoms with Gasteiger partial charge >= 0.3 is 0 Å². The fourth-order valence-electron chi connectivity index (χ4n) is 2.11. The summed E-state index contributed by atoms with van der Waals surface area (Å²) in [5.41, 5.74) is 1.66. The van der Waals surface area contributed by atoms with Crippen molar-refractivity contribution in [1.82, 2.24) is 5.32 Å². The molecule has 0 aliphatic heterocycles. The lowest BCUT2D eigenvalue weighted by Crippen LogP contribution is -2.19. The molecule has 0 bridgehead atoms. The first-order valence-corrected chi connectivity index (χ1v) is 7.13. The van der Waals surface area contributed by atoms with E-state index in [1.165, 1.54) is 12.1 Å². The zero-order chi connectivity index (χ0) is 15.9. The maximum Gasteiger partial charge on any atom is 0.228 e. The molecule has 1 amide bonds. The zero-order valence-corrected chi connectivity index (χ0v) is 13.6. The second kappa shape index (κ2) is 9.22. The lowest BCUT2D eigenvalue weighted by Gasteiger charge is -2.11. The third-order valence-corrected chi connectivity index (χ3v) is 3.24. The lowest BCUT2D eigenvalue weighted by atomic mass is 10.1. The van der Waals surface area contributed by atoms with E-state index in [1.54, 1.807) is 6.07 Å². The quantitative estimate of drug-likeness (QED) is 0.842. The van der Waals surface area contributed by atoms with Crippen LogP contribution in [0.1, 0.15) is 18.1 Å². The van der Waals surface area contributed by atoms with Gasteiger partial charge in [-0.3, -0.25) is 4.79 Å². The van der Waals surface area contributed by atoms with Gasteiger partial charge in [-0.2, -0.15) is 0 Å². The first kappa shape index (κ1) is 19.1. The standard InChI is InChI=1S/C17H18F2N2O.ClH/c1-2-20-11-13-6-3-4-9-15(13)21-16(22)10-12-7-5-8-14(18)17(12)19;/h3-9,20H,2,10-11H2,1H3,(H,21,22);1H. The number of rotatable bonds is 6. The molecule has 124 valence electrons. The first-order valence-electron chi connectivity index (χ1n) is 7.13. The minimum Gasteiger partial charge on any atom is -0.325 e. The van der Waals surface area contributed by atoms with Crippen molar-refractivity contribution in [1.29, 1.82) is 0 Å². The highest BCUT2D eigenvalue weighted by molar-refractivity contribution is 5.93. The van der Waals surface area contributed by atoms with Crippen molar-refractivity contribution in [3.05, 3.63) is 65.2 Å². The molecule has 0 unspecified atom stereocenters. The summed E-state index contributed by atoms with van der Waals surface area (Å²) in [6.07, 6.45) is -0.209. The molecule has 2 aromatic rings. The van der Waals surface area contributed by atoms with Crippen LogP contribution < -0.4 is 10.6 Å². The zero-order valence-electron chi connectivity index (χ0n) is 12.7. The maximum absolute atomic E-state index is 13.6. The third-order valence-electron chi connectivity index (χ3n) is 3.24. The summed E-state index contributed by atoms with van der Waals surface area (Å²) >= 11 is 0. The van der Waals surface area contributed by atoms with Crippen molar-refractivity contribution in [2.24, 2.45) is 0 Å². The Labute approximate surface area is 140 Å². The molecule has 6 heteroatoms. The number of anilines is 1. The van der Waals surface area contributed by atoms with Crippen LogP contribution >= 0.6 is 12.4 Å². The summed E-state index contributed by atoms with van der Waals surface area (Å²) in [5, 5.41) is 5.93. The number of halogens is 3. The summed E-state index contributed by atoms with van der Waals surface area (Å²) in [6, 6.07) is 11.2. The Hall–Kier alpha value is -1.98. The van der Waals surface area contributed by atoms with E-state index in [2.05, 4.69) is 10.6 Å². The molecule has 0 heterocycles. The smallest absolute Gasteiger partial charge is 0.228 e. The van der Waals surface area contributed by atoms with Crippen molar-refractivity contribution in [2.75, 3.05) is 11.9 Å². The predicted octanol–water partition coefficient (Wildman–Crippen LogP) is 3.68. The predicted molar refractivity (Wildman–Crippen MR) is 89.8 cm³/mol. The molecule has 0 radical (unpaired) electrons. The number of hydrogen-bond donors (Lipinski definition) is 2. The molecule has 0 spiro atoms. The van der Waals surface area contributed by atoms with E-state index in [4.69, 9.17) is 0 Å². The van der Waals surface area contributed by atoms with Gasteiger partial charge in [0.25, 0.3) is 0 Å². The van der Waals surface area contributed by atoms with Gasteiger partial charge in [0.05, 0.1) is 6.42 Å². The van der Waals surface area contributed by atoms with E-state index in [0.717, 1.165) is 18.2 Å². The van der Waals surface area contributed by atoms with E-state index < -0.39 is 11.6 Å². The van der Waals surface area contributed by atoms with Crippen LogP contribution in [0.5, 0.6) is 0 Å². The van der Waals surface area contributed by atoms with Gasteiger partial charge in [-0.25, -0.2) is 8.78 Å². The number of carbonyl (C=O) groups excluding carboxylic acids is 1. The van der Waals surface area contributed by atoms with E-state index >= 15 is 0 Å². The Morgan fingerprint density at radius 1 is 1.04 bits per heavy atom. The molecule has 0 saturated carbocycles. The average Bonchev–Trinajstić information content (AvgIpc) is 2.51. The second-order valence-electron chi connectivity index (χ2n) is 4.88. The van der Waals surface area contributed by atoms with E-state index in [0.29, 0.717) is 12.2 Å². The Bertz CT molecular complexity index is 665. The summed E-state index contributed by atoms with van der Waals surface area (Å²) < 4.78 is 26.7. The number of para-hydroxylation sites is 1. The Morgan fingerprint density at radius 2 is 1.74 bits per heavy atom. The van der Waals surface area contributed by atoms with Gasteiger partial charge in [0.2, 0.25) is 5.91 Å². The molecule has 0 aliphatic carbocycles. The number of benzene rings is 2. The third kappa shape index (κ3) is 5.30. The summed E-state index contributed by atoms with van der Waals surface area (Å²) in [6.45, 7) is 3.44. The molecule has 23 heavy (non-hydrogen) atoms. The van der Waals surface area contributed by atoms with Crippen LogP contribution in [-0.2, 0) is 17.8 Å². The molecule has 0 fully saturated rings. The maximum atomic E-state index is 13.6. The van der Waals surface area contributed by atoms with Crippen LogP contribution in [0, 0.1) is 11.6 Å². The van der Waals surface area contributed by atoms with Gasteiger partial charge in [0, 0.05) is 17.8 Å². The molecule has 2 aromatic carbocycles. The van der Waals surface area contributed by atoms with Crippen LogP contribution in [0.2, 0.25) is 0 Å². The van der Waals surface area contributed by atoms with E-state index in [1.807, 2.05) is 25.1 Å². The minimum atomic E-state index is -0.974. The van der Waals surface area contributed by atoms with Gasteiger partial charge in [-0.05, 0) is 24.2 Å². The van der Waals surface area contributed by atoms with Crippen molar-refractivity contribution >= 4 is 24.0 Å². The first-order chi connectivity index (χ1) is 10.6. The molecule has 0 saturated heterocycles. The van der Waals surface area contributed by atoms with Crippen LogP contribution in [0.3, 0.4) is 0 Å². The Morgan fingerprint density at radius 3 is 2.48 bits per heavy atom. The molecule has 0 atom stereocenters. The Kier molecular flexibility index (Phi) is 7.65. The summed E-state index contributed by atoms with van der Waals surface area (Å²) in [7, 11) is 0. The van der Waals surface area contributed by atoms with Gasteiger partial charge in [0.15, 0.2) is 11.6 Å². The molecule has 2 rings (SSSR count). The fourth-order valence-corrected chi connectivity index (χ4v) is 2.11. The highest BCUT2D eigenvalue weighted by Crippen LogP contribution is 2.17. The SMILES string of the molecule is CCNCc1ccccc1NC(=O)Cc1cccc(F)c1F.Cl. The molecule has 3 nitrogen and oxygen atoms in total.